The summed E-state index contributed by atoms with van der Waals surface area (Å²) in [5.41, 5.74) is 0. The van der Waals surface area contributed by atoms with E-state index in [1.165, 1.54) is 19.5 Å². The summed E-state index contributed by atoms with van der Waals surface area (Å²) in [5.74, 6) is 2.42. The minimum absolute atomic E-state index is 0.645. The third kappa shape index (κ3) is 3.82. The Morgan fingerprint density at radius 3 is 2.65 bits per heavy atom. The minimum Gasteiger partial charge on any atom is -0.369 e. The fraction of sp³-hybridized carbons (Fsp3) is 0.714. The lowest BCUT2D eigenvalue weighted by molar-refractivity contribution is 0.266. The first kappa shape index (κ1) is 15.5. The molecule has 1 aliphatic heterocycles. The monoisotopic (exact) mass is 341 g/mol. The fourth-order valence-electron chi connectivity index (χ4n) is 2.52. The Kier molecular flexibility index (Phi) is 5.60. The smallest absolute Gasteiger partial charge is 0.145 e. The van der Waals surface area contributed by atoms with Crippen molar-refractivity contribution < 1.29 is 0 Å². The van der Waals surface area contributed by atoms with Crippen molar-refractivity contribution in [3.05, 3.63) is 10.8 Å². The van der Waals surface area contributed by atoms with Gasteiger partial charge in [0.25, 0.3) is 0 Å². The molecule has 1 atom stereocenters. The van der Waals surface area contributed by atoms with Crippen molar-refractivity contribution in [3.63, 3.8) is 0 Å². The number of anilines is 2. The van der Waals surface area contributed by atoms with E-state index in [1.807, 2.05) is 0 Å². The van der Waals surface area contributed by atoms with Gasteiger partial charge in [-0.05, 0) is 55.6 Å². The highest BCUT2D eigenvalue weighted by Crippen LogP contribution is 2.27. The highest BCUT2D eigenvalue weighted by Gasteiger charge is 2.24. The van der Waals surface area contributed by atoms with Gasteiger partial charge in [-0.3, -0.25) is 0 Å². The summed E-state index contributed by atoms with van der Waals surface area (Å²) in [6, 6.07) is 0.645. The molecule has 20 heavy (non-hydrogen) atoms. The molecule has 112 valence electrons. The van der Waals surface area contributed by atoms with E-state index in [4.69, 9.17) is 0 Å². The van der Waals surface area contributed by atoms with Gasteiger partial charge in [-0.25, -0.2) is 9.97 Å². The Morgan fingerprint density at radius 2 is 2.05 bits per heavy atom. The quantitative estimate of drug-likeness (QED) is 0.833. The molecule has 2 heterocycles. The summed E-state index contributed by atoms with van der Waals surface area (Å²) in [7, 11) is 0. The van der Waals surface area contributed by atoms with Crippen LogP contribution in [0.3, 0.4) is 0 Å². The second kappa shape index (κ2) is 7.22. The van der Waals surface area contributed by atoms with E-state index in [1.54, 1.807) is 6.33 Å². The molecule has 1 aromatic heterocycles. The van der Waals surface area contributed by atoms with E-state index in [0.29, 0.717) is 12.0 Å². The van der Waals surface area contributed by atoms with E-state index in [9.17, 15) is 0 Å². The predicted octanol–water partition coefficient (Wildman–Crippen LogP) is 2.81. The lowest BCUT2D eigenvalue weighted by Gasteiger charge is -2.20. The maximum absolute atomic E-state index is 4.31. The number of rotatable bonds is 6. The van der Waals surface area contributed by atoms with Crippen molar-refractivity contribution in [3.8, 4) is 0 Å². The Labute approximate surface area is 129 Å². The molecule has 1 aliphatic rings. The number of nitrogens with one attached hydrogen (secondary N) is 2. The third-order valence-corrected chi connectivity index (χ3v) is 4.49. The van der Waals surface area contributed by atoms with Gasteiger partial charge in [-0.15, -0.1) is 0 Å². The Balaban J connectivity index is 1.90. The molecule has 0 saturated carbocycles. The van der Waals surface area contributed by atoms with Crippen LogP contribution in [0.15, 0.2) is 10.8 Å². The molecule has 6 heteroatoms. The predicted molar refractivity (Wildman–Crippen MR) is 87.2 cm³/mol. The van der Waals surface area contributed by atoms with Crippen LogP contribution in [0.4, 0.5) is 11.6 Å². The summed E-state index contributed by atoms with van der Waals surface area (Å²) >= 11 is 3.57. The maximum Gasteiger partial charge on any atom is 0.145 e. The fourth-order valence-corrected chi connectivity index (χ4v) is 3.01. The van der Waals surface area contributed by atoms with Gasteiger partial charge in [-0.2, -0.15) is 0 Å². The first-order valence-corrected chi connectivity index (χ1v) is 8.13. The van der Waals surface area contributed by atoms with Crippen LogP contribution < -0.4 is 10.6 Å². The molecular weight excluding hydrogens is 318 g/mol. The summed E-state index contributed by atoms with van der Waals surface area (Å²) in [6.07, 6.45) is 2.86. The first-order chi connectivity index (χ1) is 9.61. The summed E-state index contributed by atoms with van der Waals surface area (Å²) < 4.78 is 0.917. The molecule has 5 nitrogen and oxygen atoms in total. The van der Waals surface area contributed by atoms with E-state index < -0.39 is 0 Å². The SMILES string of the molecule is CCNc1ncnc(NCC2CCN(C(C)C)C2)c1Br. The molecule has 0 amide bonds. The van der Waals surface area contributed by atoms with Gasteiger partial charge in [0.15, 0.2) is 0 Å². The molecule has 2 rings (SSSR count). The van der Waals surface area contributed by atoms with Crippen molar-refractivity contribution >= 4 is 27.6 Å². The van der Waals surface area contributed by atoms with Crippen LogP contribution in [0.2, 0.25) is 0 Å². The van der Waals surface area contributed by atoms with Crippen LogP contribution in [0.1, 0.15) is 27.2 Å². The van der Waals surface area contributed by atoms with Gasteiger partial charge in [0.05, 0.1) is 0 Å². The standard InChI is InChI=1S/C14H24BrN5/c1-4-16-13-12(15)14(19-9-18-13)17-7-11-5-6-20(8-11)10(2)3/h9-11H,4-8H2,1-3H3,(H2,16,17,18,19). The van der Waals surface area contributed by atoms with E-state index in [0.717, 1.165) is 29.2 Å². The molecule has 1 aromatic rings. The zero-order valence-electron chi connectivity index (χ0n) is 12.5. The van der Waals surface area contributed by atoms with Gasteiger partial charge >= 0.3 is 0 Å². The zero-order chi connectivity index (χ0) is 14.5. The van der Waals surface area contributed by atoms with Gasteiger partial charge in [0, 0.05) is 25.7 Å². The number of hydrogen-bond acceptors (Lipinski definition) is 5. The molecule has 1 fully saturated rings. The molecule has 0 bridgehead atoms. The van der Waals surface area contributed by atoms with Crippen LogP contribution in [0.5, 0.6) is 0 Å². The van der Waals surface area contributed by atoms with Crippen molar-refractivity contribution in [2.75, 3.05) is 36.8 Å². The summed E-state index contributed by atoms with van der Waals surface area (Å²) in [5, 5.41) is 6.67. The highest BCUT2D eigenvalue weighted by molar-refractivity contribution is 9.10. The van der Waals surface area contributed by atoms with Crippen molar-refractivity contribution in [1.29, 1.82) is 0 Å². The summed E-state index contributed by atoms with van der Waals surface area (Å²) in [4.78, 5) is 11.1. The lowest BCUT2D eigenvalue weighted by Crippen LogP contribution is -2.29. The Hall–Kier alpha value is -0.880. The average Bonchev–Trinajstić information content (AvgIpc) is 2.89. The number of nitrogens with zero attached hydrogens (tertiary/aromatic N) is 3. The van der Waals surface area contributed by atoms with Gasteiger partial charge in [0.2, 0.25) is 0 Å². The van der Waals surface area contributed by atoms with Crippen molar-refractivity contribution in [1.82, 2.24) is 14.9 Å². The first-order valence-electron chi connectivity index (χ1n) is 7.34. The lowest BCUT2D eigenvalue weighted by atomic mass is 10.1. The van der Waals surface area contributed by atoms with Crippen LogP contribution in [-0.2, 0) is 0 Å². The van der Waals surface area contributed by atoms with Crippen LogP contribution in [0, 0.1) is 5.92 Å². The zero-order valence-corrected chi connectivity index (χ0v) is 14.1. The Morgan fingerprint density at radius 1 is 1.35 bits per heavy atom. The van der Waals surface area contributed by atoms with Gasteiger partial charge < -0.3 is 15.5 Å². The number of hydrogen-bond donors (Lipinski definition) is 2. The van der Waals surface area contributed by atoms with Crippen molar-refractivity contribution in [2.45, 2.75) is 33.2 Å². The normalized spacial score (nSPS) is 19.6. The molecule has 0 aliphatic carbocycles. The number of aromatic nitrogens is 2. The third-order valence-electron chi connectivity index (χ3n) is 3.74. The maximum atomic E-state index is 4.31. The second-order valence-corrected chi connectivity index (χ2v) is 6.33. The molecule has 0 radical (unpaired) electrons. The van der Waals surface area contributed by atoms with Crippen LogP contribution in [-0.4, -0.2) is 47.1 Å². The van der Waals surface area contributed by atoms with Crippen LogP contribution in [0.25, 0.3) is 0 Å². The molecule has 1 unspecified atom stereocenters. The number of likely N-dealkylation sites (tertiary alicyclic amines) is 1. The topological polar surface area (TPSA) is 53.1 Å². The van der Waals surface area contributed by atoms with E-state index >= 15 is 0 Å². The Bertz CT molecular complexity index is 438. The van der Waals surface area contributed by atoms with E-state index in [-0.39, 0.29) is 0 Å². The highest BCUT2D eigenvalue weighted by atomic mass is 79.9. The summed E-state index contributed by atoms with van der Waals surface area (Å²) in [6.45, 7) is 10.8. The van der Waals surface area contributed by atoms with Crippen molar-refractivity contribution in [2.24, 2.45) is 5.92 Å². The number of halogens is 1. The van der Waals surface area contributed by atoms with Gasteiger partial charge in [0.1, 0.15) is 22.4 Å². The molecule has 2 N–H and O–H groups in total. The molecular formula is C14H24BrN5. The largest absolute Gasteiger partial charge is 0.369 e. The van der Waals surface area contributed by atoms with E-state index in [2.05, 4.69) is 62.2 Å². The van der Waals surface area contributed by atoms with Crippen LogP contribution >= 0.6 is 15.9 Å². The average molecular weight is 342 g/mol. The molecule has 0 spiro atoms. The second-order valence-electron chi connectivity index (χ2n) is 5.54. The minimum atomic E-state index is 0.645. The molecule has 0 aromatic carbocycles. The van der Waals surface area contributed by atoms with Gasteiger partial charge in [-0.1, -0.05) is 0 Å². The molecule has 1 saturated heterocycles.